The second kappa shape index (κ2) is 7.08. The van der Waals surface area contributed by atoms with Crippen molar-refractivity contribution in [1.29, 1.82) is 0 Å². The molecular weight excluding hydrogens is 356 g/mol. The van der Waals surface area contributed by atoms with Crippen molar-refractivity contribution in [3.8, 4) is 11.3 Å². The second-order valence-corrected chi connectivity index (χ2v) is 6.41. The van der Waals surface area contributed by atoms with Crippen LogP contribution >= 0.6 is 0 Å². The van der Waals surface area contributed by atoms with Crippen molar-refractivity contribution in [3.05, 3.63) is 82.4 Å². The molecule has 28 heavy (non-hydrogen) atoms. The predicted molar refractivity (Wildman–Crippen MR) is 107 cm³/mol. The topological polar surface area (TPSA) is 82.3 Å². The highest BCUT2D eigenvalue weighted by Crippen LogP contribution is 2.32. The molecule has 6 nitrogen and oxygen atoms in total. The predicted octanol–water partition coefficient (Wildman–Crippen LogP) is 4.68. The number of methoxy groups -OCH3 is 1. The number of nitrogens with zero attached hydrogens (tertiary/aromatic N) is 2. The molecule has 0 spiro atoms. The van der Waals surface area contributed by atoms with Gasteiger partial charge in [-0.25, -0.2) is 4.98 Å². The number of hydrogen-bond acceptors (Lipinski definition) is 5. The summed E-state index contributed by atoms with van der Waals surface area (Å²) in [5.41, 5.74) is 2.69. The van der Waals surface area contributed by atoms with Crippen molar-refractivity contribution in [2.24, 2.45) is 0 Å². The van der Waals surface area contributed by atoms with Gasteiger partial charge in [0.05, 0.1) is 29.7 Å². The van der Waals surface area contributed by atoms with E-state index in [1.165, 1.54) is 19.2 Å². The first kappa shape index (κ1) is 17.6. The maximum absolute atomic E-state index is 12.0. The van der Waals surface area contributed by atoms with Crippen LogP contribution in [-0.2, 0) is 16.0 Å². The minimum absolute atomic E-state index is 0.00701. The van der Waals surface area contributed by atoms with Crippen LogP contribution in [0.5, 0.6) is 0 Å². The van der Waals surface area contributed by atoms with E-state index in [1.807, 2.05) is 42.5 Å². The Labute approximate surface area is 160 Å². The first-order valence-corrected chi connectivity index (χ1v) is 8.70. The van der Waals surface area contributed by atoms with Crippen molar-refractivity contribution >= 4 is 33.3 Å². The molecule has 3 aromatic carbocycles. The van der Waals surface area contributed by atoms with Crippen LogP contribution in [0.15, 0.2) is 66.7 Å². The Balaban J connectivity index is 1.99. The van der Waals surface area contributed by atoms with Gasteiger partial charge in [0.15, 0.2) is 0 Å². The molecule has 0 fully saturated rings. The number of nitro groups is 1. The van der Waals surface area contributed by atoms with Crippen LogP contribution < -0.4 is 0 Å². The lowest BCUT2D eigenvalue weighted by Crippen LogP contribution is -2.06. The van der Waals surface area contributed by atoms with Crippen molar-refractivity contribution < 1.29 is 14.5 Å². The van der Waals surface area contributed by atoms with E-state index in [0.717, 1.165) is 27.2 Å². The molecule has 1 aromatic heterocycles. The van der Waals surface area contributed by atoms with E-state index in [0.29, 0.717) is 11.3 Å². The Morgan fingerprint density at radius 2 is 1.89 bits per heavy atom. The van der Waals surface area contributed by atoms with E-state index in [4.69, 9.17) is 9.72 Å². The van der Waals surface area contributed by atoms with Gasteiger partial charge >= 0.3 is 5.97 Å². The largest absolute Gasteiger partial charge is 0.469 e. The first-order valence-electron chi connectivity index (χ1n) is 8.70. The number of carbonyl (C=O) groups excluding carboxylic acids is 1. The van der Waals surface area contributed by atoms with E-state index in [1.54, 1.807) is 12.1 Å². The van der Waals surface area contributed by atoms with Crippen LogP contribution in [-0.4, -0.2) is 23.0 Å². The normalized spacial score (nSPS) is 10.9. The third kappa shape index (κ3) is 3.16. The van der Waals surface area contributed by atoms with Gasteiger partial charge in [0.25, 0.3) is 5.69 Å². The van der Waals surface area contributed by atoms with E-state index < -0.39 is 4.92 Å². The molecule has 0 aliphatic carbocycles. The van der Waals surface area contributed by atoms with Gasteiger partial charge in [-0.3, -0.25) is 14.9 Å². The molecule has 0 saturated heterocycles. The summed E-state index contributed by atoms with van der Waals surface area (Å²) < 4.78 is 4.86. The SMILES string of the molecule is COC(=O)Cc1cc(-c2cccc([N+](=O)[O-])c2)nc2ccc3ccccc3c12. The summed E-state index contributed by atoms with van der Waals surface area (Å²) >= 11 is 0. The van der Waals surface area contributed by atoms with Gasteiger partial charge in [-0.1, -0.05) is 42.5 Å². The van der Waals surface area contributed by atoms with Crippen LogP contribution in [0.3, 0.4) is 0 Å². The van der Waals surface area contributed by atoms with Crippen LogP contribution in [0.2, 0.25) is 0 Å². The zero-order chi connectivity index (χ0) is 19.7. The maximum Gasteiger partial charge on any atom is 0.310 e. The van der Waals surface area contributed by atoms with Crippen molar-refractivity contribution in [1.82, 2.24) is 4.98 Å². The summed E-state index contributed by atoms with van der Waals surface area (Å²) in [7, 11) is 1.35. The molecule has 138 valence electrons. The van der Waals surface area contributed by atoms with Crippen LogP contribution in [0.25, 0.3) is 32.9 Å². The number of hydrogen-bond donors (Lipinski definition) is 0. The molecule has 6 heteroatoms. The number of fused-ring (bicyclic) bond motifs is 3. The quantitative estimate of drug-likeness (QED) is 0.225. The molecule has 4 aromatic rings. The van der Waals surface area contributed by atoms with E-state index in [2.05, 4.69) is 0 Å². The number of non-ortho nitro benzene ring substituents is 1. The Morgan fingerprint density at radius 3 is 2.68 bits per heavy atom. The van der Waals surface area contributed by atoms with Gasteiger partial charge in [0, 0.05) is 23.1 Å². The molecule has 0 aliphatic rings. The Morgan fingerprint density at radius 1 is 1.07 bits per heavy atom. The maximum atomic E-state index is 12.0. The molecule has 4 rings (SSSR count). The van der Waals surface area contributed by atoms with Crippen molar-refractivity contribution in [2.75, 3.05) is 7.11 Å². The van der Waals surface area contributed by atoms with Crippen molar-refractivity contribution in [3.63, 3.8) is 0 Å². The molecule has 0 atom stereocenters. The first-order chi connectivity index (χ1) is 13.6. The standard InChI is InChI=1S/C22H16N2O4/c1-28-21(25)13-16-12-20(15-6-4-7-17(11-15)24(26)27)23-19-10-9-14-5-2-3-8-18(14)22(16)19/h2-12H,13H2,1H3. The number of nitro benzene ring substituents is 1. The minimum Gasteiger partial charge on any atom is -0.469 e. The lowest BCUT2D eigenvalue weighted by atomic mass is 9.97. The lowest BCUT2D eigenvalue weighted by Gasteiger charge is -2.12. The molecule has 1 heterocycles. The highest BCUT2D eigenvalue weighted by atomic mass is 16.6. The number of aromatic nitrogens is 1. The smallest absolute Gasteiger partial charge is 0.310 e. The van der Waals surface area contributed by atoms with Gasteiger partial charge in [0.2, 0.25) is 0 Å². The fraction of sp³-hybridized carbons (Fsp3) is 0.0909. The number of pyridine rings is 1. The number of rotatable bonds is 4. The zero-order valence-electron chi connectivity index (χ0n) is 15.1. The Bertz CT molecular complexity index is 1230. The summed E-state index contributed by atoms with van der Waals surface area (Å²) in [5.74, 6) is -0.356. The molecule has 0 aliphatic heterocycles. The van der Waals surface area contributed by atoms with Gasteiger partial charge in [-0.05, 0) is 28.5 Å². The lowest BCUT2D eigenvalue weighted by molar-refractivity contribution is -0.384. The van der Waals surface area contributed by atoms with Crippen molar-refractivity contribution in [2.45, 2.75) is 6.42 Å². The fourth-order valence-corrected chi connectivity index (χ4v) is 3.38. The van der Waals surface area contributed by atoms with Crippen LogP contribution in [0.4, 0.5) is 5.69 Å². The fourth-order valence-electron chi connectivity index (χ4n) is 3.38. The molecule has 0 bridgehead atoms. The Hall–Kier alpha value is -3.80. The summed E-state index contributed by atoms with van der Waals surface area (Å²) in [4.78, 5) is 27.4. The summed E-state index contributed by atoms with van der Waals surface area (Å²) in [6, 6.07) is 19.9. The number of carbonyl (C=O) groups is 1. The molecule has 0 radical (unpaired) electrons. The molecule has 0 unspecified atom stereocenters. The number of ether oxygens (including phenoxy) is 1. The molecular formula is C22H16N2O4. The highest BCUT2D eigenvalue weighted by Gasteiger charge is 2.15. The van der Waals surface area contributed by atoms with Gasteiger partial charge in [-0.15, -0.1) is 0 Å². The summed E-state index contributed by atoms with van der Waals surface area (Å²) in [6.45, 7) is 0. The van der Waals surface area contributed by atoms with Gasteiger partial charge in [0.1, 0.15) is 0 Å². The van der Waals surface area contributed by atoms with Crippen LogP contribution in [0.1, 0.15) is 5.56 Å². The zero-order valence-corrected chi connectivity index (χ0v) is 15.1. The molecule has 0 saturated carbocycles. The third-order valence-electron chi connectivity index (χ3n) is 4.70. The Kier molecular flexibility index (Phi) is 4.45. The summed E-state index contributed by atoms with van der Waals surface area (Å²) in [5, 5.41) is 14.0. The van der Waals surface area contributed by atoms with E-state index in [9.17, 15) is 14.9 Å². The third-order valence-corrected chi connectivity index (χ3v) is 4.70. The minimum atomic E-state index is -0.437. The summed E-state index contributed by atoms with van der Waals surface area (Å²) in [6.07, 6.45) is 0.0887. The molecule has 0 amide bonds. The van der Waals surface area contributed by atoms with E-state index in [-0.39, 0.29) is 18.1 Å². The number of esters is 1. The van der Waals surface area contributed by atoms with Gasteiger partial charge in [-0.2, -0.15) is 0 Å². The average Bonchev–Trinajstić information content (AvgIpc) is 2.73. The number of benzene rings is 3. The monoisotopic (exact) mass is 372 g/mol. The average molecular weight is 372 g/mol. The molecule has 0 N–H and O–H groups in total. The van der Waals surface area contributed by atoms with Crippen LogP contribution in [0, 0.1) is 10.1 Å². The highest BCUT2D eigenvalue weighted by molar-refractivity contribution is 6.09. The van der Waals surface area contributed by atoms with Gasteiger partial charge < -0.3 is 4.74 Å². The van der Waals surface area contributed by atoms with E-state index >= 15 is 0 Å². The second-order valence-electron chi connectivity index (χ2n) is 6.41.